The highest BCUT2D eigenvalue weighted by Gasteiger charge is 2.22. The fourth-order valence-corrected chi connectivity index (χ4v) is 2.91. The van der Waals surface area contributed by atoms with E-state index in [1.807, 2.05) is 23.6 Å². The Morgan fingerprint density at radius 2 is 1.79 bits per heavy atom. The van der Waals surface area contributed by atoms with E-state index in [1.54, 1.807) is 13.3 Å². The van der Waals surface area contributed by atoms with Gasteiger partial charge in [0.1, 0.15) is 18.0 Å². The zero-order valence-corrected chi connectivity index (χ0v) is 13.6. The Morgan fingerprint density at radius 1 is 1.00 bits per heavy atom. The minimum absolute atomic E-state index is 0.577. The fraction of sp³-hybridized carbons (Fsp3) is 0.400. The maximum Gasteiger partial charge on any atom is 0.218 e. The van der Waals surface area contributed by atoms with E-state index >= 15 is 0 Å². The molecule has 0 aromatic carbocycles. The summed E-state index contributed by atoms with van der Waals surface area (Å²) in [6.45, 7) is 5.30. The van der Waals surface area contributed by atoms with Crippen molar-refractivity contribution in [2.75, 3.05) is 43.1 Å². The Balaban J connectivity index is 1.53. The van der Waals surface area contributed by atoms with E-state index in [9.17, 15) is 0 Å². The van der Waals surface area contributed by atoms with Crippen LogP contribution in [0.15, 0.2) is 24.8 Å². The first-order chi connectivity index (χ1) is 11.8. The monoisotopic (exact) mass is 326 g/mol. The maximum absolute atomic E-state index is 5.17. The third kappa shape index (κ3) is 2.47. The first-order valence-electron chi connectivity index (χ1n) is 7.78. The summed E-state index contributed by atoms with van der Waals surface area (Å²) in [6.07, 6.45) is 5.21. The summed E-state index contributed by atoms with van der Waals surface area (Å²) in [6, 6.07) is 1.86. The van der Waals surface area contributed by atoms with Crippen LogP contribution < -0.4 is 14.5 Å². The number of piperazine rings is 1. The molecule has 0 bridgehead atoms. The van der Waals surface area contributed by atoms with Crippen LogP contribution in [-0.2, 0) is 0 Å². The Morgan fingerprint density at radius 3 is 2.58 bits per heavy atom. The molecule has 0 saturated carbocycles. The minimum Gasteiger partial charge on any atom is -0.481 e. The third-order valence-electron chi connectivity index (χ3n) is 4.22. The number of hydrogen-bond acceptors (Lipinski definition) is 8. The Labute approximate surface area is 138 Å². The molecule has 0 aliphatic carbocycles. The summed E-state index contributed by atoms with van der Waals surface area (Å²) in [4.78, 5) is 17.3. The lowest BCUT2D eigenvalue weighted by Gasteiger charge is -2.35. The molecular weight excluding hydrogens is 308 g/mol. The molecule has 124 valence electrons. The lowest BCUT2D eigenvalue weighted by atomic mass is 10.3. The lowest BCUT2D eigenvalue weighted by Crippen LogP contribution is -2.47. The molecule has 0 spiro atoms. The van der Waals surface area contributed by atoms with Crippen molar-refractivity contribution in [1.82, 2.24) is 29.5 Å². The van der Waals surface area contributed by atoms with E-state index in [-0.39, 0.29) is 0 Å². The van der Waals surface area contributed by atoms with Crippen LogP contribution in [0.4, 0.5) is 11.6 Å². The zero-order chi connectivity index (χ0) is 16.5. The van der Waals surface area contributed by atoms with E-state index < -0.39 is 0 Å². The van der Waals surface area contributed by atoms with Crippen molar-refractivity contribution in [3.8, 4) is 5.88 Å². The number of ether oxygens (including phenoxy) is 1. The summed E-state index contributed by atoms with van der Waals surface area (Å²) in [5, 5.41) is 8.39. The van der Waals surface area contributed by atoms with Gasteiger partial charge >= 0.3 is 0 Å². The number of aryl methyl sites for hydroxylation is 1. The molecule has 4 heterocycles. The summed E-state index contributed by atoms with van der Waals surface area (Å²) in [7, 11) is 1.61. The average Bonchev–Trinajstić information content (AvgIpc) is 3.03. The van der Waals surface area contributed by atoms with E-state index in [0.717, 1.165) is 49.3 Å². The highest BCUT2D eigenvalue weighted by Crippen LogP contribution is 2.22. The highest BCUT2D eigenvalue weighted by molar-refractivity contribution is 5.64. The molecule has 1 fully saturated rings. The van der Waals surface area contributed by atoms with Crippen molar-refractivity contribution >= 4 is 17.3 Å². The largest absolute Gasteiger partial charge is 0.481 e. The van der Waals surface area contributed by atoms with Gasteiger partial charge in [0.15, 0.2) is 5.82 Å². The third-order valence-corrected chi connectivity index (χ3v) is 4.22. The first-order valence-corrected chi connectivity index (χ1v) is 7.78. The predicted octanol–water partition coefficient (Wildman–Crippen LogP) is 0.558. The van der Waals surface area contributed by atoms with E-state index in [0.29, 0.717) is 5.88 Å². The van der Waals surface area contributed by atoms with Gasteiger partial charge in [-0.15, -0.1) is 10.2 Å². The second kappa shape index (κ2) is 5.91. The smallest absolute Gasteiger partial charge is 0.218 e. The van der Waals surface area contributed by atoms with Gasteiger partial charge in [-0.25, -0.2) is 15.0 Å². The van der Waals surface area contributed by atoms with Gasteiger partial charge in [0, 0.05) is 44.6 Å². The summed E-state index contributed by atoms with van der Waals surface area (Å²) < 4.78 is 7.13. The number of anilines is 2. The number of nitrogens with zero attached hydrogens (tertiary/aromatic N) is 8. The van der Waals surface area contributed by atoms with Gasteiger partial charge in [0.05, 0.1) is 7.11 Å². The predicted molar refractivity (Wildman–Crippen MR) is 88.5 cm³/mol. The van der Waals surface area contributed by atoms with Crippen LogP contribution in [0.2, 0.25) is 0 Å². The minimum atomic E-state index is 0.577. The molecule has 0 atom stereocenters. The second-order valence-corrected chi connectivity index (χ2v) is 5.58. The van der Waals surface area contributed by atoms with Crippen molar-refractivity contribution in [2.24, 2.45) is 0 Å². The highest BCUT2D eigenvalue weighted by atomic mass is 16.5. The molecule has 9 heteroatoms. The van der Waals surface area contributed by atoms with Crippen LogP contribution in [0.3, 0.4) is 0 Å². The Bertz CT molecular complexity index is 856. The molecule has 24 heavy (non-hydrogen) atoms. The van der Waals surface area contributed by atoms with Crippen molar-refractivity contribution in [1.29, 1.82) is 0 Å². The van der Waals surface area contributed by atoms with E-state index in [2.05, 4.69) is 34.9 Å². The van der Waals surface area contributed by atoms with Gasteiger partial charge < -0.3 is 14.5 Å². The van der Waals surface area contributed by atoms with Gasteiger partial charge in [-0.3, -0.25) is 4.40 Å². The Kier molecular flexibility index (Phi) is 3.60. The summed E-state index contributed by atoms with van der Waals surface area (Å²) >= 11 is 0. The number of hydrogen-bond donors (Lipinski definition) is 0. The van der Waals surface area contributed by atoms with E-state index in [1.165, 1.54) is 6.33 Å². The number of aromatic nitrogens is 6. The van der Waals surface area contributed by atoms with E-state index in [4.69, 9.17) is 4.74 Å². The standard InChI is InChI=1S/C15H18N8O/c1-11-19-20-15-14(16-3-4-23(11)15)22-7-5-21(6-8-22)12-9-13(24-2)18-10-17-12/h3-4,9-10H,5-8H2,1-2H3. The first kappa shape index (κ1) is 14.6. The maximum atomic E-state index is 5.17. The average molecular weight is 326 g/mol. The number of methoxy groups -OCH3 is 1. The second-order valence-electron chi connectivity index (χ2n) is 5.58. The lowest BCUT2D eigenvalue weighted by molar-refractivity contribution is 0.396. The van der Waals surface area contributed by atoms with Crippen LogP contribution >= 0.6 is 0 Å². The molecule has 4 rings (SSSR count). The molecule has 0 unspecified atom stereocenters. The quantitative estimate of drug-likeness (QED) is 0.690. The zero-order valence-electron chi connectivity index (χ0n) is 13.6. The number of rotatable bonds is 3. The molecular formula is C15H18N8O. The normalized spacial score (nSPS) is 15.1. The van der Waals surface area contributed by atoms with Crippen LogP contribution in [0.1, 0.15) is 5.82 Å². The van der Waals surface area contributed by atoms with Gasteiger partial charge in [-0.05, 0) is 6.92 Å². The van der Waals surface area contributed by atoms with Crippen LogP contribution in [0.25, 0.3) is 5.65 Å². The van der Waals surface area contributed by atoms with Crippen molar-refractivity contribution in [2.45, 2.75) is 6.92 Å². The molecule has 9 nitrogen and oxygen atoms in total. The summed E-state index contributed by atoms with van der Waals surface area (Å²) in [5.74, 6) is 3.19. The van der Waals surface area contributed by atoms with Crippen molar-refractivity contribution in [3.05, 3.63) is 30.6 Å². The van der Waals surface area contributed by atoms with Crippen LogP contribution in [-0.4, -0.2) is 62.8 Å². The molecule has 3 aromatic rings. The topological polar surface area (TPSA) is 84.6 Å². The Hall–Kier alpha value is -2.97. The van der Waals surface area contributed by atoms with Crippen molar-refractivity contribution in [3.63, 3.8) is 0 Å². The molecule has 1 saturated heterocycles. The molecule has 0 amide bonds. The molecule has 1 aliphatic rings. The summed E-state index contributed by atoms with van der Waals surface area (Å²) in [5.41, 5.74) is 0.798. The van der Waals surface area contributed by atoms with Crippen molar-refractivity contribution < 1.29 is 4.74 Å². The van der Waals surface area contributed by atoms with Gasteiger partial charge in [-0.2, -0.15) is 0 Å². The number of fused-ring (bicyclic) bond motifs is 1. The molecule has 0 N–H and O–H groups in total. The van der Waals surface area contributed by atoms with Crippen LogP contribution in [0, 0.1) is 6.92 Å². The SMILES string of the molecule is COc1cc(N2CCN(c3nccn4c(C)nnc34)CC2)ncn1. The van der Waals surface area contributed by atoms with Gasteiger partial charge in [-0.1, -0.05) is 0 Å². The van der Waals surface area contributed by atoms with Gasteiger partial charge in [0.2, 0.25) is 11.5 Å². The molecule has 3 aromatic heterocycles. The fourth-order valence-electron chi connectivity index (χ4n) is 2.91. The van der Waals surface area contributed by atoms with Gasteiger partial charge in [0.25, 0.3) is 0 Å². The molecule has 0 radical (unpaired) electrons. The van der Waals surface area contributed by atoms with Crippen LogP contribution in [0.5, 0.6) is 5.88 Å². The molecule has 1 aliphatic heterocycles.